The Morgan fingerprint density at radius 2 is 2.00 bits per heavy atom. The van der Waals surface area contributed by atoms with Gasteiger partial charge in [-0.25, -0.2) is 0 Å². The minimum atomic E-state index is -0.758. The molecule has 0 aliphatic carbocycles. The summed E-state index contributed by atoms with van der Waals surface area (Å²) in [6, 6.07) is 9.95. The van der Waals surface area contributed by atoms with Crippen LogP contribution in [0.3, 0.4) is 0 Å². The lowest BCUT2D eigenvalue weighted by molar-refractivity contribution is -0.128. The van der Waals surface area contributed by atoms with E-state index in [1.54, 1.807) is 24.3 Å². The topological polar surface area (TPSA) is 67.4 Å². The predicted molar refractivity (Wildman–Crippen MR) is 104 cm³/mol. The van der Waals surface area contributed by atoms with Crippen molar-refractivity contribution in [1.82, 2.24) is 10.6 Å². The highest BCUT2D eigenvalue weighted by atomic mass is 35.5. The zero-order valence-corrected chi connectivity index (χ0v) is 16.2. The normalized spacial score (nSPS) is 11.8. The van der Waals surface area contributed by atoms with Crippen molar-refractivity contribution in [2.45, 2.75) is 25.8 Å². The number of ether oxygens (including phenoxy) is 1. The second kappa shape index (κ2) is 11.0. The van der Waals surface area contributed by atoms with Crippen LogP contribution in [0.15, 0.2) is 41.8 Å². The molecule has 0 fully saturated rings. The van der Waals surface area contributed by atoms with E-state index in [1.807, 2.05) is 24.4 Å². The Hall–Kier alpha value is -1.89. The van der Waals surface area contributed by atoms with Crippen LogP contribution >= 0.6 is 22.9 Å². The molecule has 2 amide bonds. The van der Waals surface area contributed by atoms with Crippen molar-refractivity contribution in [3.63, 3.8) is 0 Å². The molecule has 0 bridgehead atoms. The van der Waals surface area contributed by atoms with E-state index in [-0.39, 0.29) is 18.2 Å². The summed E-state index contributed by atoms with van der Waals surface area (Å²) in [4.78, 5) is 25.9. The van der Waals surface area contributed by atoms with Gasteiger partial charge in [-0.15, -0.1) is 11.3 Å². The van der Waals surface area contributed by atoms with Crippen molar-refractivity contribution >= 4 is 34.8 Å². The Labute approximate surface area is 162 Å². The molecular weight excluding hydrogens is 372 g/mol. The summed E-state index contributed by atoms with van der Waals surface area (Å²) in [6.45, 7) is 3.66. The number of carbonyl (C=O) groups excluding carboxylic acids is 2. The third-order valence-corrected chi connectivity index (χ3v) is 4.78. The fourth-order valence-corrected chi connectivity index (χ4v) is 3.20. The Morgan fingerprint density at radius 1 is 1.23 bits per heavy atom. The molecule has 2 N–H and O–H groups in total. The maximum absolute atomic E-state index is 12.6. The Morgan fingerprint density at radius 3 is 2.65 bits per heavy atom. The van der Waals surface area contributed by atoms with Gasteiger partial charge >= 0.3 is 0 Å². The minimum absolute atomic E-state index is 0.197. The smallest absolute Gasteiger partial charge is 0.247 e. The van der Waals surface area contributed by atoms with Crippen LogP contribution in [0, 0.1) is 0 Å². The highest BCUT2D eigenvalue weighted by Crippen LogP contribution is 2.18. The molecule has 26 heavy (non-hydrogen) atoms. The number of hydrogen-bond donors (Lipinski definition) is 2. The van der Waals surface area contributed by atoms with Crippen LogP contribution in [0.4, 0.5) is 0 Å². The van der Waals surface area contributed by atoms with Crippen LogP contribution in [0.25, 0.3) is 0 Å². The Bertz CT molecular complexity index is 689. The molecule has 0 saturated carbocycles. The molecule has 1 aromatic heterocycles. The standard InChI is InChI=1S/C19H23ClN2O3S/c1-2-25-11-4-10-21-19(24)18(14-6-8-15(20)9-7-14)22-17(23)13-16-5-3-12-26-16/h3,5-9,12,18H,2,4,10-11,13H2,1H3,(H,21,24)(H,22,23)/t18-/m0/s1. The molecule has 0 aliphatic rings. The molecule has 7 heteroatoms. The highest BCUT2D eigenvalue weighted by Gasteiger charge is 2.22. The number of hydrogen-bond acceptors (Lipinski definition) is 4. The summed E-state index contributed by atoms with van der Waals surface area (Å²) in [5, 5.41) is 8.18. The molecule has 5 nitrogen and oxygen atoms in total. The van der Waals surface area contributed by atoms with Crippen LogP contribution < -0.4 is 10.6 Å². The van der Waals surface area contributed by atoms with E-state index in [9.17, 15) is 9.59 Å². The average Bonchev–Trinajstić information content (AvgIpc) is 3.13. The number of rotatable bonds is 10. The minimum Gasteiger partial charge on any atom is -0.382 e. The van der Waals surface area contributed by atoms with Gasteiger partial charge in [0.05, 0.1) is 6.42 Å². The lowest BCUT2D eigenvalue weighted by Gasteiger charge is -2.19. The maximum atomic E-state index is 12.6. The van der Waals surface area contributed by atoms with E-state index in [4.69, 9.17) is 16.3 Å². The SMILES string of the molecule is CCOCCCNC(=O)[C@@H](NC(=O)Cc1cccs1)c1ccc(Cl)cc1. The summed E-state index contributed by atoms with van der Waals surface area (Å²) in [7, 11) is 0. The predicted octanol–water partition coefficient (Wildman–Crippen LogP) is 3.34. The molecule has 0 radical (unpaired) electrons. The summed E-state index contributed by atoms with van der Waals surface area (Å²) in [5.41, 5.74) is 0.691. The largest absolute Gasteiger partial charge is 0.382 e. The number of nitrogens with one attached hydrogen (secondary N) is 2. The lowest BCUT2D eigenvalue weighted by atomic mass is 10.1. The molecule has 1 aromatic carbocycles. The summed E-state index contributed by atoms with van der Waals surface area (Å²) in [6.07, 6.45) is 0.968. The van der Waals surface area contributed by atoms with Crippen molar-refractivity contribution < 1.29 is 14.3 Å². The van der Waals surface area contributed by atoms with E-state index in [2.05, 4.69) is 10.6 Å². The van der Waals surface area contributed by atoms with Crippen molar-refractivity contribution in [3.8, 4) is 0 Å². The van der Waals surface area contributed by atoms with E-state index in [0.717, 1.165) is 11.3 Å². The van der Waals surface area contributed by atoms with Gasteiger partial charge in [0.25, 0.3) is 0 Å². The average molecular weight is 395 g/mol. The van der Waals surface area contributed by atoms with Gasteiger partial charge < -0.3 is 15.4 Å². The monoisotopic (exact) mass is 394 g/mol. The van der Waals surface area contributed by atoms with Gasteiger partial charge in [0.1, 0.15) is 6.04 Å². The van der Waals surface area contributed by atoms with Crippen molar-refractivity contribution in [3.05, 3.63) is 57.2 Å². The zero-order chi connectivity index (χ0) is 18.8. The Balaban J connectivity index is 1.99. The van der Waals surface area contributed by atoms with Gasteiger partial charge in [-0.1, -0.05) is 29.8 Å². The molecule has 0 spiro atoms. The van der Waals surface area contributed by atoms with Crippen molar-refractivity contribution in [1.29, 1.82) is 0 Å². The van der Waals surface area contributed by atoms with Crippen molar-refractivity contribution in [2.75, 3.05) is 19.8 Å². The third kappa shape index (κ3) is 6.78. The highest BCUT2D eigenvalue weighted by molar-refractivity contribution is 7.10. The first-order valence-electron chi connectivity index (χ1n) is 8.52. The number of amides is 2. The van der Waals surface area contributed by atoms with Gasteiger partial charge in [-0.2, -0.15) is 0 Å². The quantitative estimate of drug-likeness (QED) is 0.607. The van der Waals surface area contributed by atoms with Crippen LogP contribution in [-0.2, 0) is 20.7 Å². The number of benzene rings is 1. The fraction of sp³-hybridized carbons (Fsp3) is 0.368. The Kier molecular flexibility index (Phi) is 8.61. The van der Waals surface area contributed by atoms with Gasteiger partial charge in [0.2, 0.25) is 11.8 Å². The molecule has 1 heterocycles. The molecule has 0 aliphatic heterocycles. The molecule has 2 rings (SSSR count). The second-order valence-corrected chi connectivity index (χ2v) is 7.12. The van der Waals surface area contributed by atoms with E-state index < -0.39 is 6.04 Å². The van der Waals surface area contributed by atoms with Crippen LogP contribution in [0.5, 0.6) is 0 Å². The van der Waals surface area contributed by atoms with E-state index >= 15 is 0 Å². The first-order chi connectivity index (χ1) is 12.6. The van der Waals surface area contributed by atoms with Crippen LogP contribution in [0.1, 0.15) is 29.8 Å². The first-order valence-corrected chi connectivity index (χ1v) is 9.78. The van der Waals surface area contributed by atoms with Crippen molar-refractivity contribution in [2.24, 2.45) is 0 Å². The third-order valence-electron chi connectivity index (χ3n) is 3.65. The molecule has 2 aromatic rings. The molecule has 1 atom stereocenters. The van der Waals surface area contributed by atoms with Gasteiger partial charge in [0.15, 0.2) is 0 Å². The molecular formula is C19H23ClN2O3S. The molecule has 0 saturated heterocycles. The van der Waals surface area contributed by atoms with E-state index in [1.165, 1.54) is 11.3 Å². The molecule has 0 unspecified atom stereocenters. The number of halogens is 1. The first kappa shape index (κ1) is 20.4. The van der Waals surface area contributed by atoms with Gasteiger partial charge in [0, 0.05) is 29.7 Å². The fourth-order valence-electron chi connectivity index (χ4n) is 2.37. The van der Waals surface area contributed by atoms with Gasteiger partial charge in [-0.05, 0) is 42.5 Å². The lowest BCUT2D eigenvalue weighted by Crippen LogP contribution is -2.41. The van der Waals surface area contributed by atoms with Gasteiger partial charge in [-0.3, -0.25) is 9.59 Å². The summed E-state index contributed by atoms with van der Waals surface area (Å²) < 4.78 is 5.26. The van der Waals surface area contributed by atoms with E-state index in [0.29, 0.717) is 30.3 Å². The van der Waals surface area contributed by atoms with Crippen LogP contribution in [-0.4, -0.2) is 31.6 Å². The van der Waals surface area contributed by atoms with Crippen LogP contribution in [0.2, 0.25) is 5.02 Å². The number of carbonyl (C=O) groups is 2. The number of thiophene rings is 1. The maximum Gasteiger partial charge on any atom is 0.247 e. The molecule has 140 valence electrons. The zero-order valence-electron chi connectivity index (χ0n) is 14.7. The second-order valence-electron chi connectivity index (χ2n) is 5.65. The summed E-state index contributed by atoms with van der Waals surface area (Å²) in [5.74, 6) is -0.444. The summed E-state index contributed by atoms with van der Waals surface area (Å²) >= 11 is 7.44.